The van der Waals surface area contributed by atoms with Crippen molar-refractivity contribution in [2.75, 3.05) is 0 Å². The zero-order valence-corrected chi connectivity index (χ0v) is 9.53. The number of nitrogens with two attached hydrogens (primary N) is 1. The van der Waals surface area contributed by atoms with Crippen LogP contribution in [-0.2, 0) is 0 Å². The summed E-state index contributed by atoms with van der Waals surface area (Å²) in [6.07, 6.45) is 0. The maximum Gasteiger partial charge on any atom is 0.346 e. The number of carbonyl (C=O) groups is 1. The summed E-state index contributed by atoms with van der Waals surface area (Å²) in [4.78, 5) is 17.2. The third kappa shape index (κ3) is 1.29. The minimum Gasteiger partial charge on any atom is -0.385 e. The lowest BCUT2D eigenvalue weighted by atomic mass is 9.85. The highest BCUT2D eigenvalue weighted by Crippen LogP contribution is 2.32. The van der Waals surface area contributed by atoms with Gasteiger partial charge in [0.15, 0.2) is 0 Å². The Labute approximate surface area is 85.2 Å². The Kier molecular flexibility index (Phi) is 2.56. The van der Waals surface area contributed by atoms with Crippen molar-refractivity contribution >= 4 is 11.9 Å². The second-order valence-corrected chi connectivity index (χ2v) is 4.55. The van der Waals surface area contributed by atoms with Gasteiger partial charge in [-0.15, -0.1) is 0 Å². The monoisotopic (exact) mass is 197 g/mol. The molecule has 2 N–H and O–H groups in total. The van der Waals surface area contributed by atoms with Crippen molar-refractivity contribution in [1.82, 2.24) is 4.90 Å². The van der Waals surface area contributed by atoms with Gasteiger partial charge in [-0.1, -0.05) is 13.8 Å². The van der Waals surface area contributed by atoms with Crippen LogP contribution in [0, 0.1) is 5.92 Å². The van der Waals surface area contributed by atoms with Crippen molar-refractivity contribution in [3.05, 3.63) is 0 Å². The molecule has 0 aromatic carbocycles. The highest BCUT2D eigenvalue weighted by Gasteiger charge is 2.47. The molecule has 0 radical (unpaired) electrons. The van der Waals surface area contributed by atoms with Crippen LogP contribution in [0.15, 0.2) is 4.99 Å². The molecule has 0 spiro atoms. The molecule has 0 saturated carbocycles. The van der Waals surface area contributed by atoms with Gasteiger partial charge in [-0.05, 0) is 26.7 Å². The molecule has 1 unspecified atom stereocenters. The fraction of sp³-hybridized carbons (Fsp3) is 0.800. The predicted molar refractivity (Wildman–Crippen MR) is 57.2 cm³/mol. The van der Waals surface area contributed by atoms with Gasteiger partial charge in [0, 0.05) is 6.04 Å². The van der Waals surface area contributed by atoms with E-state index in [2.05, 4.69) is 18.8 Å². The fourth-order valence-electron chi connectivity index (χ4n) is 1.92. The standard InChI is InChI=1S/C10H19N3O/c1-6(2)10(5)8(11)12-9(14)13(10)7(3)4/h6-7H,1-5H3,(H2,11,12,14). The summed E-state index contributed by atoms with van der Waals surface area (Å²) >= 11 is 0. The SMILES string of the molecule is CC(C)N1C(=O)N=C(N)C1(C)C(C)C. The van der Waals surface area contributed by atoms with Crippen LogP contribution >= 0.6 is 0 Å². The topological polar surface area (TPSA) is 58.7 Å². The van der Waals surface area contributed by atoms with Crippen LogP contribution in [0.1, 0.15) is 34.6 Å². The first-order valence-corrected chi connectivity index (χ1v) is 4.99. The van der Waals surface area contributed by atoms with E-state index in [0.29, 0.717) is 5.84 Å². The molecule has 0 aromatic heterocycles. The molecule has 1 heterocycles. The number of nitrogens with zero attached hydrogens (tertiary/aromatic N) is 2. The molecule has 1 aliphatic heterocycles. The van der Waals surface area contributed by atoms with Crippen LogP contribution in [-0.4, -0.2) is 28.3 Å². The molecule has 0 saturated heterocycles. The predicted octanol–water partition coefficient (Wildman–Crippen LogP) is 1.60. The van der Waals surface area contributed by atoms with Crippen molar-refractivity contribution < 1.29 is 4.79 Å². The number of urea groups is 1. The summed E-state index contributed by atoms with van der Waals surface area (Å²) in [5, 5.41) is 0. The van der Waals surface area contributed by atoms with E-state index in [4.69, 9.17) is 5.73 Å². The summed E-state index contributed by atoms with van der Waals surface area (Å²) in [5.41, 5.74) is 5.39. The summed E-state index contributed by atoms with van der Waals surface area (Å²) in [7, 11) is 0. The molecule has 4 nitrogen and oxygen atoms in total. The quantitative estimate of drug-likeness (QED) is 0.731. The van der Waals surface area contributed by atoms with Gasteiger partial charge in [-0.3, -0.25) is 0 Å². The average molecular weight is 197 g/mol. The summed E-state index contributed by atoms with van der Waals surface area (Å²) < 4.78 is 0. The Hall–Kier alpha value is -1.06. The molecule has 0 aliphatic carbocycles. The molecular formula is C10H19N3O. The third-order valence-electron chi connectivity index (χ3n) is 3.08. The van der Waals surface area contributed by atoms with Gasteiger partial charge in [-0.25, -0.2) is 4.79 Å². The summed E-state index contributed by atoms with van der Waals surface area (Å²) in [5.74, 6) is 0.700. The number of amides is 2. The average Bonchev–Trinajstić information content (AvgIpc) is 2.23. The highest BCUT2D eigenvalue weighted by atomic mass is 16.2. The minimum absolute atomic E-state index is 0.125. The van der Waals surface area contributed by atoms with E-state index in [1.165, 1.54) is 0 Å². The first-order chi connectivity index (χ1) is 6.31. The molecule has 4 heteroatoms. The molecule has 14 heavy (non-hydrogen) atoms. The van der Waals surface area contributed by atoms with Gasteiger partial charge in [0.05, 0.1) is 0 Å². The second kappa shape index (κ2) is 3.26. The number of carbonyl (C=O) groups excluding carboxylic acids is 1. The van der Waals surface area contributed by atoms with Crippen molar-refractivity contribution in [3.63, 3.8) is 0 Å². The smallest absolute Gasteiger partial charge is 0.346 e. The van der Waals surface area contributed by atoms with Gasteiger partial charge in [-0.2, -0.15) is 4.99 Å². The zero-order valence-electron chi connectivity index (χ0n) is 9.53. The summed E-state index contributed by atoms with van der Waals surface area (Å²) in [6.45, 7) is 10.0. The van der Waals surface area contributed by atoms with Gasteiger partial charge >= 0.3 is 6.03 Å². The number of rotatable bonds is 2. The molecule has 1 aliphatic rings. The van der Waals surface area contributed by atoms with Crippen LogP contribution in [0.3, 0.4) is 0 Å². The number of aliphatic imine (C=N–C) groups is 1. The van der Waals surface area contributed by atoms with E-state index in [9.17, 15) is 4.79 Å². The van der Waals surface area contributed by atoms with Crippen LogP contribution in [0.5, 0.6) is 0 Å². The lowest BCUT2D eigenvalue weighted by molar-refractivity contribution is 0.128. The summed E-state index contributed by atoms with van der Waals surface area (Å²) in [6, 6.07) is -0.0894. The molecule has 1 atom stereocenters. The first-order valence-electron chi connectivity index (χ1n) is 4.99. The molecule has 0 aromatic rings. The molecule has 1 rings (SSSR count). The Balaban J connectivity index is 3.14. The first kappa shape index (κ1) is 11.0. The minimum atomic E-state index is -0.425. The van der Waals surface area contributed by atoms with Crippen molar-refractivity contribution in [1.29, 1.82) is 0 Å². The molecule has 0 bridgehead atoms. The number of amidine groups is 1. The van der Waals surface area contributed by atoms with E-state index in [1.807, 2.05) is 20.8 Å². The maximum absolute atomic E-state index is 11.6. The Bertz CT molecular complexity index is 283. The fourth-order valence-corrected chi connectivity index (χ4v) is 1.92. The maximum atomic E-state index is 11.6. The Morgan fingerprint density at radius 1 is 1.36 bits per heavy atom. The van der Waals surface area contributed by atoms with E-state index >= 15 is 0 Å². The molecule has 0 fully saturated rings. The van der Waals surface area contributed by atoms with Crippen molar-refractivity contribution in [2.45, 2.75) is 46.2 Å². The van der Waals surface area contributed by atoms with Crippen molar-refractivity contribution in [3.8, 4) is 0 Å². The van der Waals surface area contributed by atoms with Crippen molar-refractivity contribution in [2.24, 2.45) is 16.6 Å². The van der Waals surface area contributed by atoms with Crippen LogP contribution in [0.4, 0.5) is 4.79 Å². The number of hydrogen-bond donors (Lipinski definition) is 1. The lowest BCUT2D eigenvalue weighted by Crippen LogP contribution is -2.57. The second-order valence-electron chi connectivity index (χ2n) is 4.55. The van der Waals surface area contributed by atoms with Crippen LogP contribution in [0.2, 0.25) is 0 Å². The lowest BCUT2D eigenvalue weighted by Gasteiger charge is -2.40. The van der Waals surface area contributed by atoms with Gasteiger partial charge in [0.2, 0.25) is 0 Å². The largest absolute Gasteiger partial charge is 0.385 e. The van der Waals surface area contributed by atoms with Gasteiger partial charge < -0.3 is 10.6 Å². The highest BCUT2D eigenvalue weighted by molar-refractivity contribution is 6.05. The van der Waals surface area contributed by atoms with E-state index in [0.717, 1.165) is 0 Å². The van der Waals surface area contributed by atoms with E-state index < -0.39 is 5.54 Å². The Morgan fingerprint density at radius 3 is 2.14 bits per heavy atom. The normalized spacial score (nSPS) is 27.8. The van der Waals surface area contributed by atoms with Crippen LogP contribution < -0.4 is 5.73 Å². The molecular weight excluding hydrogens is 178 g/mol. The van der Waals surface area contributed by atoms with Gasteiger partial charge in [0.25, 0.3) is 0 Å². The Morgan fingerprint density at radius 2 is 1.86 bits per heavy atom. The van der Waals surface area contributed by atoms with E-state index in [1.54, 1.807) is 4.90 Å². The van der Waals surface area contributed by atoms with Gasteiger partial charge in [0.1, 0.15) is 11.4 Å². The zero-order chi connectivity index (χ0) is 11.1. The number of hydrogen-bond acceptors (Lipinski definition) is 2. The molecule has 2 amide bonds. The molecule has 80 valence electrons. The van der Waals surface area contributed by atoms with Crippen LogP contribution in [0.25, 0.3) is 0 Å². The third-order valence-corrected chi connectivity index (χ3v) is 3.08. The van der Waals surface area contributed by atoms with E-state index in [-0.39, 0.29) is 18.0 Å².